The van der Waals surface area contributed by atoms with E-state index in [1.807, 2.05) is 13.0 Å². The standard InChI is InChI=1S/C11H10ClNO2/c1-2-9-10(13-11(12)15-9)7-5-3-4-6-8(7)14/h3-6,14H,2H2,1H3. The van der Waals surface area contributed by atoms with E-state index in [1.54, 1.807) is 18.2 Å². The van der Waals surface area contributed by atoms with E-state index in [-0.39, 0.29) is 11.1 Å². The van der Waals surface area contributed by atoms with Crippen molar-refractivity contribution in [3.63, 3.8) is 0 Å². The number of aromatic hydroxyl groups is 1. The quantitative estimate of drug-likeness (QED) is 0.850. The molecule has 2 rings (SSSR count). The number of hydrogen-bond donors (Lipinski definition) is 1. The van der Waals surface area contributed by atoms with Crippen molar-refractivity contribution in [3.05, 3.63) is 35.4 Å². The molecular weight excluding hydrogens is 214 g/mol. The predicted molar refractivity (Wildman–Crippen MR) is 58.0 cm³/mol. The van der Waals surface area contributed by atoms with E-state index in [2.05, 4.69) is 4.98 Å². The van der Waals surface area contributed by atoms with Crippen molar-refractivity contribution >= 4 is 11.6 Å². The third kappa shape index (κ3) is 1.83. The van der Waals surface area contributed by atoms with Crippen molar-refractivity contribution in [3.8, 4) is 17.0 Å². The number of hydrogen-bond acceptors (Lipinski definition) is 3. The number of aromatic nitrogens is 1. The highest BCUT2D eigenvalue weighted by molar-refractivity contribution is 6.27. The second-order valence-corrected chi connectivity index (χ2v) is 3.43. The number of halogens is 1. The fourth-order valence-electron chi connectivity index (χ4n) is 1.45. The van der Waals surface area contributed by atoms with Gasteiger partial charge in [-0.05, 0) is 23.7 Å². The van der Waals surface area contributed by atoms with Crippen LogP contribution in [0.15, 0.2) is 28.7 Å². The summed E-state index contributed by atoms with van der Waals surface area (Å²) < 4.78 is 5.22. The average Bonchev–Trinajstić information content (AvgIpc) is 2.60. The molecule has 1 aromatic heterocycles. The topological polar surface area (TPSA) is 46.3 Å². The number of para-hydroxylation sites is 1. The lowest BCUT2D eigenvalue weighted by Crippen LogP contribution is -1.84. The van der Waals surface area contributed by atoms with Gasteiger partial charge in [0.2, 0.25) is 0 Å². The molecule has 0 saturated carbocycles. The zero-order valence-corrected chi connectivity index (χ0v) is 8.95. The summed E-state index contributed by atoms with van der Waals surface area (Å²) in [6.45, 7) is 1.94. The first kappa shape index (κ1) is 10.1. The molecule has 0 aliphatic rings. The van der Waals surface area contributed by atoms with Crippen LogP contribution in [-0.2, 0) is 6.42 Å². The van der Waals surface area contributed by atoms with Crippen molar-refractivity contribution in [2.75, 3.05) is 0 Å². The fraction of sp³-hybridized carbons (Fsp3) is 0.182. The van der Waals surface area contributed by atoms with E-state index in [9.17, 15) is 5.11 Å². The van der Waals surface area contributed by atoms with Gasteiger partial charge in [0.15, 0.2) is 0 Å². The molecule has 3 nitrogen and oxygen atoms in total. The first-order chi connectivity index (χ1) is 7.22. The van der Waals surface area contributed by atoms with Gasteiger partial charge in [-0.2, -0.15) is 4.98 Å². The summed E-state index contributed by atoms with van der Waals surface area (Å²) in [5, 5.41) is 9.77. The van der Waals surface area contributed by atoms with Crippen LogP contribution in [0.4, 0.5) is 0 Å². The van der Waals surface area contributed by atoms with Crippen LogP contribution in [0.25, 0.3) is 11.3 Å². The summed E-state index contributed by atoms with van der Waals surface area (Å²) in [5.41, 5.74) is 1.26. The molecule has 1 heterocycles. The van der Waals surface area contributed by atoms with Crippen LogP contribution in [0.1, 0.15) is 12.7 Å². The number of nitrogens with zero attached hydrogens (tertiary/aromatic N) is 1. The Kier molecular flexibility index (Phi) is 2.64. The van der Waals surface area contributed by atoms with Crippen LogP contribution >= 0.6 is 11.6 Å². The number of rotatable bonds is 2. The summed E-state index contributed by atoms with van der Waals surface area (Å²) in [6.07, 6.45) is 0.684. The highest BCUT2D eigenvalue weighted by Gasteiger charge is 2.14. The van der Waals surface area contributed by atoms with Crippen molar-refractivity contribution in [1.29, 1.82) is 0 Å². The van der Waals surface area contributed by atoms with Crippen LogP contribution in [0, 0.1) is 0 Å². The van der Waals surface area contributed by atoms with Gasteiger partial charge < -0.3 is 9.52 Å². The number of phenolic OH excluding ortho intramolecular Hbond substituents is 1. The number of oxazole rings is 1. The molecule has 0 radical (unpaired) electrons. The normalized spacial score (nSPS) is 10.5. The van der Waals surface area contributed by atoms with E-state index >= 15 is 0 Å². The van der Waals surface area contributed by atoms with Gasteiger partial charge in [0.1, 0.15) is 17.2 Å². The largest absolute Gasteiger partial charge is 0.507 e. The minimum absolute atomic E-state index is 0.102. The molecule has 1 aromatic carbocycles. The molecule has 0 fully saturated rings. The van der Waals surface area contributed by atoms with E-state index in [0.717, 1.165) is 0 Å². The van der Waals surface area contributed by atoms with Gasteiger partial charge in [0, 0.05) is 12.0 Å². The van der Waals surface area contributed by atoms with Gasteiger partial charge in [0.05, 0.1) is 0 Å². The SMILES string of the molecule is CCc1oc(Cl)nc1-c1ccccc1O. The molecule has 78 valence electrons. The van der Waals surface area contributed by atoms with E-state index < -0.39 is 0 Å². The summed E-state index contributed by atoms with van der Waals surface area (Å²) in [4.78, 5) is 4.05. The molecule has 0 atom stereocenters. The Hall–Kier alpha value is -1.48. The summed E-state index contributed by atoms with van der Waals surface area (Å²) in [5.74, 6) is 0.860. The molecule has 0 spiro atoms. The Bertz CT molecular complexity index is 479. The van der Waals surface area contributed by atoms with Gasteiger partial charge in [-0.1, -0.05) is 19.1 Å². The summed E-state index contributed by atoms with van der Waals surface area (Å²) >= 11 is 5.69. The van der Waals surface area contributed by atoms with Crippen molar-refractivity contribution in [2.24, 2.45) is 0 Å². The van der Waals surface area contributed by atoms with E-state index in [1.165, 1.54) is 0 Å². The van der Waals surface area contributed by atoms with Crippen molar-refractivity contribution < 1.29 is 9.52 Å². The molecule has 0 aliphatic carbocycles. The van der Waals surface area contributed by atoms with Crippen LogP contribution in [0.2, 0.25) is 5.35 Å². The monoisotopic (exact) mass is 223 g/mol. The van der Waals surface area contributed by atoms with Crippen molar-refractivity contribution in [2.45, 2.75) is 13.3 Å². The van der Waals surface area contributed by atoms with Gasteiger partial charge in [-0.15, -0.1) is 0 Å². The molecule has 4 heteroatoms. The first-order valence-corrected chi connectivity index (χ1v) is 5.03. The van der Waals surface area contributed by atoms with E-state index in [4.69, 9.17) is 16.0 Å². The second kappa shape index (κ2) is 3.95. The van der Waals surface area contributed by atoms with Crippen molar-refractivity contribution in [1.82, 2.24) is 4.98 Å². The summed E-state index contributed by atoms with van der Waals surface area (Å²) in [6, 6.07) is 6.98. The number of benzene rings is 1. The molecule has 0 amide bonds. The van der Waals surface area contributed by atoms with E-state index in [0.29, 0.717) is 23.4 Å². The first-order valence-electron chi connectivity index (χ1n) is 4.66. The zero-order valence-electron chi connectivity index (χ0n) is 8.20. The lowest BCUT2D eigenvalue weighted by Gasteiger charge is -2.01. The van der Waals surface area contributed by atoms with Crippen LogP contribution in [-0.4, -0.2) is 10.1 Å². The maximum atomic E-state index is 9.67. The molecule has 0 bridgehead atoms. The Morgan fingerprint density at radius 1 is 1.40 bits per heavy atom. The molecule has 15 heavy (non-hydrogen) atoms. The van der Waals surface area contributed by atoms with Crippen LogP contribution < -0.4 is 0 Å². The fourth-order valence-corrected chi connectivity index (χ4v) is 1.62. The molecule has 0 aliphatic heterocycles. The molecule has 1 N–H and O–H groups in total. The lowest BCUT2D eigenvalue weighted by molar-refractivity contribution is 0.476. The maximum absolute atomic E-state index is 9.67. The second-order valence-electron chi connectivity index (χ2n) is 3.11. The van der Waals surface area contributed by atoms with Gasteiger partial charge in [-0.25, -0.2) is 0 Å². The van der Waals surface area contributed by atoms with Crippen LogP contribution in [0.3, 0.4) is 0 Å². The number of phenols is 1. The Balaban J connectivity index is 2.58. The minimum atomic E-state index is 0.102. The van der Waals surface area contributed by atoms with Gasteiger partial charge in [0.25, 0.3) is 5.35 Å². The van der Waals surface area contributed by atoms with Gasteiger partial charge >= 0.3 is 0 Å². The predicted octanol–water partition coefficient (Wildman–Crippen LogP) is 3.26. The molecule has 0 saturated heterocycles. The Labute approximate surface area is 92.3 Å². The zero-order chi connectivity index (χ0) is 10.8. The minimum Gasteiger partial charge on any atom is -0.507 e. The lowest BCUT2D eigenvalue weighted by atomic mass is 10.1. The number of aryl methyl sites for hydroxylation is 1. The molecule has 0 unspecified atom stereocenters. The molecule has 2 aromatic rings. The molecular formula is C11H10ClNO2. The maximum Gasteiger partial charge on any atom is 0.292 e. The van der Waals surface area contributed by atoms with Gasteiger partial charge in [-0.3, -0.25) is 0 Å². The smallest absolute Gasteiger partial charge is 0.292 e. The third-order valence-electron chi connectivity index (χ3n) is 2.15. The Morgan fingerprint density at radius 3 is 2.80 bits per heavy atom. The summed E-state index contributed by atoms with van der Waals surface area (Å²) in [7, 11) is 0. The Morgan fingerprint density at radius 2 is 2.13 bits per heavy atom. The average molecular weight is 224 g/mol. The highest BCUT2D eigenvalue weighted by atomic mass is 35.5. The third-order valence-corrected chi connectivity index (χ3v) is 2.31. The van der Waals surface area contributed by atoms with Crippen LogP contribution in [0.5, 0.6) is 5.75 Å². The highest BCUT2D eigenvalue weighted by Crippen LogP contribution is 2.32.